The minimum atomic E-state index is -4.36. The molecule has 4 heteroatoms. The summed E-state index contributed by atoms with van der Waals surface area (Å²) in [6.45, 7) is 0.211. The van der Waals surface area contributed by atoms with Crippen LogP contribution in [0.2, 0.25) is 0 Å². The van der Waals surface area contributed by atoms with E-state index >= 15 is 0 Å². The molecule has 1 nitrogen and oxygen atoms in total. The lowest BCUT2D eigenvalue weighted by Crippen LogP contribution is -2.08. The number of rotatable bonds is 2. The summed E-state index contributed by atoms with van der Waals surface area (Å²) in [6, 6.07) is 12.4. The van der Waals surface area contributed by atoms with Crippen LogP contribution in [0.3, 0.4) is 0 Å². The van der Waals surface area contributed by atoms with E-state index in [0.717, 1.165) is 6.07 Å². The van der Waals surface area contributed by atoms with Crippen molar-refractivity contribution in [2.75, 3.05) is 0 Å². The van der Waals surface area contributed by atoms with Crippen LogP contribution in [0.4, 0.5) is 13.2 Å². The molecule has 0 bridgehead atoms. The van der Waals surface area contributed by atoms with Gasteiger partial charge in [0.05, 0.1) is 5.56 Å². The molecule has 2 aromatic carbocycles. The fourth-order valence-electron chi connectivity index (χ4n) is 1.93. The van der Waals surface area contributed by atoms with Gasteiger partial charge in [-0.05, 0) is 22.8 Å². The fourth-order valence-corrected chi connectivity index (χ4v) is 1.93. The Balaban J connectivity index is 2.65. The monoisotopic (exact) mass is 251 g/mol. The highest BCUT2D eigenvalue weighted by molar-refractivity contribution is 5.71. The zero-order chi connectivity index (χ0) is 13.2. The fraction of sp³-hybridized carbons (Fsp3) is 0.143. The summed E-state index contributed by atoms with van der Waals surface area (Å²) >= 11 is 0. The SMILES string of the molecule is NCc1ccccc1-c1ccccc1C(F)(F)F. The van der Waals surface area contributed by atoms with Gasteiger partial charge in [-0.3, -0.25) is 0 Å². The maximum absolute atomic E-state index is 12.9. The number of alkyl halides is 3. The van der Waals surface area contributed by atoms with Crippen molar-refractivity contribution in [3.63, 3.8) is 0 Å². The molecule has 0 saturated heterocycles. The molecule has 0 aliphatic heterocycles. The molecule has 94 valence electrons. The Bertz CT molecular complexity index is 547. The van der Waals surface area contributed by atoms with Crippen LogP contribution in [0, 0.1) is 0 Å². The van der Waals surface area contributed by atoms with E-state index in [1.165, 1.54) is 12.1 Å². The van der Waals surface area contributed by atoms with Gasteiger partial charge >= 0.3 is 6.18 Å². The number of hydrogen-bond donors (Lipinski definition) is 1. The van der Waals surface area contributed by atoms with Gasteiger partial charge < -0.3 is 5.73 Å². The minimum absolute atomic E-state index is 0.172. The lowest BCUT2D eigenvalue weighted by Gasteiger charge is -2.15. The van der Waals surface area contributed by atoms with Gasteiger partial charge in [-0.2, -0.15) is 13.2 Å². The molecule has 0 saturated carbocycles. The summed E-state index contributed by atoms with van der Waals surface area (Å²) < 4.78 is 38.8. The van der Waals surface area contributed by atoms with E-state index in [4.69, 9.17) is 5.73 Å². The van der Waals surface area contributed by atoms with Crippen molar-refractivity contribution in [2.45, 2.75) is 12.7 Å². The summed E-state index contributed by atoms with van der Waals surface area (Å²) in [6.07, 6.45) is -4.36. The first kappa shape index (κ1) is 12.6. The molecule has 2 rings (SSSR count). The Hall–Kier alpha value is -1.81. The predicted molar refractivity (Wildman–Crippen MR) is 64.8 cm³/mol. The highest BCUT2D eigenvalue weighted by Crippen LogP contribution is 2.37. The quantitative estimate of drug-likeness (QED) is 0.862. The van der Waals surface area contributed by atoms with E-state index in [1.54, 1.807) is 30.3 Å². The van der Waals surface area contributed by atoms with Crippen LogP contribution < -0.4 is 5.73 Å². The topological polar surface area (TPSA) is 26.0 Å². The Labute approximate surface area is 103 Å². The number of halogens is 3. The van der Waals surface area contributed by atoms with E-state index in [2.05, 4.69) is 0 Å². The lowest BCUT2D eigenvalue weighted by atomic mass is 9.95. The van der Waals surface area contributed by atoms with Gasteiger partial charge in [0.15, 0.2) is 0 Å². The van der Waals surface area contributed by atoms with Crippen LogP contribution >= 0.6 is 0 Å². The minimum Gasteiger partial charge on any atom is -0.326 e. The Morgan fingerprint density at radius 2 is 1.39 bits per heavy atom. The zero-order valence-electron chi connectivity index (χ0n) is 9.54. The first-order valence-electron chi connectivity index (χ1n) is 5.48. The van der Waals surface area contributed by atoms with Gasteiger partial charge in [0.2, 0.25) is 0 Å². The van der Waals surface area contributed by atoms with Crippen LogP contribution in [-0.2, 0) is 12.7 Å². The third-order valence-electron chi connectivity index (χ3n) is 2.76. The number of benzene rings is 2. The van der Waals surface area contributed by atoms with E-state index in [1.807, 2.05) is 0 Å². The summed E-state index contributed by atoms with van der Waals surface area (Å²) in [5, 5.41) is 0. The van der Waals surface area contributed by atoms with Crippen LogP contribution in [0.5, 0.6) is 0 Å². The normalized spacial score (nSPS) is 11.6. The van der Waals surface area contributed by atoms with Gasteiger partial charge in [0.1, 0.15) is 0 Å². The third kappa shape index (κ3) is 2.38. The molecule has 0 heterocycles. The van der Waals surface area contributed by atoms with Crippen molar-refractivity contribution in [1.82, 2.24) is 0 Å². The first-order valence-corrected chi connectivity index (χ1v) is 5.48. The summed E-state index contributed by atoms with van der Waals surface area (Å²) in [7, 11) is 0. The number of nitrogens with two attached hydrogens (primary N) is 1. The molecular formula is C14H12F3N. The van der Waals surface area contributed by atoms with Gasteiger partial charge in [-0.25, -0.2) is 0 Å². The van der Waals surface area contributed by atoms with Gasteiger partial charge in [-0.15, -0.1) is 0 Å². The Morgan fingerprint density at radius 3 is 2.00 bits per heavy atom. The number of hydrogen-bond acceptors (Lipinski definition) is 1. The van der Waals surface area contributed by atoms with E-state index in [-0.39, 0.29) is 12.1 Å². The molecule has 0 aliphatic carbocycles. The molecule has 0 aliphatic rings. The van der Waals surface area contributed by atoms with Crippen molar-refractivity contribution in [2.24, 2.45) is 5.73 Å². The molecule has 18 heavy (non-hydrogen) atoms. The van der Waals surface area contributed by atoms with Crippen LogP contribution in [-0.4, -0.2) is 0 Å². The second-order valence-corrected chi connectivity index (χ2v) is 3.90. The van der Waals surface area contributed by atoms with E-state index in [9.17, 15) is 13.2 Å². The van der Waals surface area contributed by atoms with Crippen molar-refractivity contribution in [1.29, 1.82) is 0 Å². The molecular weight excluding hydrogens is 239 g/mol. The lowest BCUT2D eigenvalue weighted by molar-refractivity contribution is -0.137. The summed E-state index contributed by atoms with van der Waals surface area (Å²) in [5.74, 6) is 0. The average Bonchev–Trinajstić information content (AvgIpc) is 2.37. The standard InChI is InChI=1S/C14H12F3N/c15-14(16,17)13-8-4-3-7-12(13)11-6-2-1-5-10(11)9-18/h1-8H,9,18H2. The molecule has 0 unspecified atom stereocenters. The maximum Gasteiger partial charge on any atom is 0.417 e. The molecule has 0 atom stereocenters. The average molecular weight is 251 g/mol. The second kappa shape index (κ2) is 4.82. The molecule has 2 aromatic rings. The van der Waals surface area contributed by atoms with Crippen LogP contribution in [0.1, 0.15) is 11.1 Å². The predicted octanol–water partition coefficient (Wildman–Crippen LogP) is 3.83. The molecule has 2 N–H and O–H groups in total. The second-order valence-electron chi connectivity index (χ2n) is 3.90. The maximum atomic E-state index is 12.9. The van der Waals surface area contributed by atoms with Crippen LogP contribution in [0.15, 0.2) is 48.5 Å². The highest BCUT2D eigenvalue weighted by Gasteiger charge is 2.33. The smallest absolute Gasteiger partial charge is 0.326 e. The molecule has 0 aromatic heterocycles. The Kier molecular flexibility index (Phi) is 3.39. The van der Waals surface area contributed by atoms with Crippen molar-refractivity contribution >= 4 is 0 Å². The molecule has 0 radical (unpaired) electrons. The first-order chi connectivity index (χ1) is 8.54. The molecule has 0 amide bonds. The van der Waals surface area contributed by atoms with E-state index < -0.39 is 11.7 Å². The third-order valence-corrected chi connectivity index (χ3v) is 2.76. The largest absolute Gasteiger partial charge is 0.417 e. The molecule has 0 fully saturated rings. The van der Waals surface area contributed by atoms with Gasteiger partial charge in [-0.1, -0.05) is 42.5 Å². The van der Waals surface area contributed by atoms with Crippen molar-refractivity contribution in [3.8, 4) is 11.1 Å². The van der Waals surface area contributed by atoms with Gasteiger partial charge in [0, 0.05) is 6.54 Å². The summed E-state index contributed by atoms with van der Waals surface area (Å²) in [5.41, 5.74) is 6.34. The van der Waals surface area contributed by atoms with Gasteiger partial charge in [0.25, 0.3) is 0 Å². The zero-order valence-corrected chi connectivity index (χ0v) is 9.54. The Morgan fingerprint density at radius 1 is 0.833 bits per heavy atom. The molecule has 0 spiro atoms. The van der Waals surface area contributed by atoms with Crippen molar-refractivity contribution in [3.05, 3.63) is 59.7 Å². The van der Waals surface area contributed by atoms with E-state index in [0.29, 0.717) is 11.1 Å². The van der Waals surface area contributed by atoms with Crippen molar-refractivity contribution < 1.29 is 13.2 Å². The summed E-state index contributed by atoms with van der Waals surface area (Å²) in [4.78, 5) is 0. The van der Waals surface area contributed by atoms with Crippen LogP contribution in [0.25, 0.3) is 11.1 Å². The highest BCUT2D eigenvalue weighted by atomic mass is 19.4.